The van der Waals surface area contributed by atoms with Gasteiger partial charge in [0.25, 0.3) is 0 Å². The van der Waals surface area contributed by atoms with Crippen LogP contribution >= 0.6 is 12.0 Å². The zero-order valence-electron chi connectivity index (χ0n) is 27.4. The van der Waals surface area contributed by atoms with Gasteiger partial charge >= 0.3 is 59.1 Å². The first-order valence-corrected chi connectivity index (χ1v) is 16.5. The summed E-state index contributed by atoms with van der Waals surface area (Å²) >= 11 is 0.804. The van der Waals surface area contributed by atoms with E-state index in [1.54, 1.807) is 24.3 Å². The number of fused-ring (bicyclic) bond motifs is 2. The van der Waals surface area contributed by atoms with E-state index in [0.717, 1.165) is 45.1 Å². The smallest absolute Gasteiger partial charge is 0.744 e. The summed E-state index contributed by atoms with van der Waals surface area (Å²) in [6.45, 7) is 3.87. The van der Waals surface area contributed by atoms with Gasteiger partial charge in [0.2, 0.25) is 0 Å². The molecule has 6 aromatic rings. The van der Waals surface area contributed by atoms with E-state index in [0.29, 0.717) is 49.8 Å². The van der Waals surface area contributed by atoms with Gasteiger partial charge in [0.05, 0.1) is 39.7 Å². The molecule has 0 aliphatic carbocycles. The van der Waals surface area contributed by atoms with E-state index in [9.17, 15) is 18.2 Å². The van der Waals surface area contributed by atoms with Crippen LogP contribution in [0.4, 0.5) is 34.1 Å². The Balaban J connectivity index is 0.00000281. The van der Waals surface area contributed by atoms with Crippen LogP contribution in [0, 0.1) is 13.8 Å². The molecule has 0 saturated heterocycles. The fraction of sp³-hybridized carbons (Fsp3) is 0.0588. The van der Waals surface area contributed by atoms with Crippen LogP contribution in [0.25, 0.3) is 32.7 Å². The molecule has 50 heavy (non-hydrogen) atoms. The van der Waals surface area contributed by atoms with Gasteiger partial charge < -0.3 is 21.3 Å². The van der Waals surface area contributed by atoms with Crippen molar-refractivity contribution < 1.29 is 86.7 Å². The topological polar surface area (TPSA) is 200 Å². The monoisotopic (exact) mass is 724 g/mol. The first-order chi connectivity index (χ1) is 23.0. The Morgan fingerprint density at radius 2 is 1.14 bits per heavy atom. The van der Waals surface area contributed by atoms with Crippen molar-refractivity contribution in [2.24, 2.45) is 20.5 Å². The summed E-state index contributed by atoms with van der Waals surface area (Å²) in [5.41, 5.74) is 19.2. The molecule has 6 aromatic carbocycles. The first kappa shape index (κ1) is 39.6. The maximum absolute atomic E-state index is 11.5. The first-order valence-electron chi connectivity index (χ1n) is 14.3. The maximum atomic E-state index is 11.5. The predicted molar refractivity (Wildman–Crippen MR) is 182 cm³/mol. The van der Waals surface area contributed by atoms with Crippen LogP contribution in [-0.4, -0.2) is 13.0 Å². The van der Waals surface area contributed by atoms with Gasteiger partial charge in [-0.2, -0.15) is 14.6 Å². The zero-order chi connectivity index (χ0) is 34.0. The second-order valence-electron chi connectivity index (χ2n) is 10.8. The number of hydrogen-bond donors (Lipinski definition) is 2. The van der Waals surface area contributed by atoms with Gasteiger partial charge in [-0.3, -0.25) is 5.04 Å². The summed E-state index contributed by atoms with van der Waals surface area (Å²) in [6, 6.07) is 27.9. The SMILES string of the molecule is Cc1cc(-c2ccc(N=Nc3c(N)ccc4cc(S(=O)(=O)[O-])ccc34)c(C)c2)ccc1N=Nc1c(N)ccc2cc(SOO[O-])ccc12.[Na+].[Na+]. The molecule has 0 aliphatic rings. The van der Waals surface area contributed by atoms with Crippen LogP contribution in [0.5, 0.6) is 0 Å². The summed E-state index contributed by atoms with van der Waals surface area (Å²) < 4.78 is 38.8. The number of nitrogen functional groups attached to an aromatic ring is 2. The maximum Gasteiger partial charge on any atom is 1.00 e. The molecule has 0 spiro atoms. The number of nitrogens with zero attached hydrogens (tertiary/aromatic N) is 4. The Hall–Kier alpha value is -3.22. The van der Waals surface area contributed by atoms with Gasteiger partial charge in [-0.15, -0.1) is 10.2 Å². The van der Waals surface area contributed by atoms with Crippen molar-refractivity contribution in [1.82, 2.24) is 0 Å². The number of aryl methyl sites for hydroxylation is 2. The standard InChI is InChI=1S/C34H28N6O6S2.2Na/c1-19-15-21(5-13-31(19)37-39-33-27-9-7-25(47-46-45-41)17-23(27)3-11-29(33)35)22-6-14-32(20(2)16-22)38-40-34-28-10-8-26(48(42,43)44)18-24(28)4-12-30(34)36;;/h3-18,41H,35-36H2,1-2H3,(H,42,43,44);;/q;2*+1/p-2. The van der Waals surface area contributed by atoms with Crippen molar-refractivity contribution in [3.63, 3.8) is 0 Å². The van der Waals surface area contributed by atoms with Crippen LogP contribution in [0.1, 0.15) is 11.1 Å². The summed E-state index contributed by atoms with van der Waals surface area (Å²) in [5, 5.41) is 34.1. The Morgan fingerprint density at radius 3 is 1.62 bits per heavy atom. The number of benzene rings is 6. The van der Waals surface area contributed by atoms with Crippen molar-refractivity contribution in [2.45, 2.75) is 23.6 Å². The molecule has 0 heterocycles. The third-order valence-corrected chi connectivity index (χ3v) is 9.08. The molecular weight excluding hydrogens is 699 g/mol. The third kappa shape index (κ3) is 8.80. The van der Waals surface area contributed by atoms with Crippen LogP contribution < -0.4 is 75.8 Å². The van der Waals surface area contributed by atoms with E-state index < -0.39 is 10.1 Å². The fourth-order valence-corrected chi connectivity index (χ4v) is 6.11. The van der Waals surface area contributed by atoms with Crippen molar-refractivity contribution >= 4 is 77.8 Å². The summed E-state index contributed by atoms with van der Waals surface area (Å²) in [6.07, 6.45) is 0. The molecule has 0 radical (unpaired) electrons. The molecule has 16 heteroatoms. The van der Waals surface area contributed by atoms with Crippen molar-refractivity contribution in [2.75, 3.05) is 11.5 Å². The molecule has 0 saturated carbocycles. The minimum absolute atomic E-state index is 0. The van der Waals surface area contributed by atoms with Crippen LogP contribution in [0.2, 0.25) is 0 Å². The molecule has 0 bridgehead atoms. The molecule has 0 fully saturated rings. The molecule has 0 amide bonds. The largest absolute Gasteiger partial charge is 1.00 e. The van der Waals surface area contributed by atoms with Crippen molar-refractivity contribution in [3.05, 3.63) is 108 Å². The number of rotatable bonds is 9. The second-order valence-corrected chi connectivity index (χ2v) is 13.0. The number of hydrogen-bond acceptors (Lipinski definition) is 13. The normalized spacial score (nSPS) is 11.7. The molecule has 12 nitrogen and oxygen atoms in total. The summed E-state index contributed by atoms with van der Waals surface area (Å²) in [4.78, 5) is 0.348. The van der Waals surface area contributed by atoms with Gasteiger partial charge in [0.15, 0.2) is 0 Å². The predicted octanol–water partition coefficient (Wildman–Crippen LogP) is 2.41. The van der Waals surface area contributed by atoms with Gasteiger partial charge in [-0.25, -0.2) is 8.42 Å². The molecule has 4 N–H and O–H groups in total. The van der Waals surface area contributed by atoms with Gasteiger partial charge in [-0.1, -0.05) is 36.4 Å². The number of azo groups is 2. The Labute approximate surface area is 336 Å². The summed E-state index contributed by atoms with van der Waals surface area (Å²) in [5.74, 6) is 0. The van der Waals surface area contributed by atoms with E-state index in [2.05, 4.69) is 29.8 Å². The van der Waals surface area contributed by atoms with Crippen LogP contribution in [0.15, 0.2) is 127 Å². The fourth-order valence-electron chi connectivity index (χ4n) is 5.20. The molecule has 6 rings (SSSR count). The number of anilines is 2. The van der Waals surface area contributed by atoms with Crippen molar-refractivity contribution in [1.29, 1.82) is 0 Å². The zero-order valence-corrected chi connectivity index (χ0v) is 33.1. The van der Waals surface area contributed by atoms with Crippen LogP contribution in [-0.2, 0) is 19.5 Å². The molecule has 0 atom stereocenters. The Bertz CT molecular complexity index is 2390. The Kier molecular flexibility index (Phi) is 13.3. The average molecular weight is 725 g/mol. The van der Waals surface area contributed by atoms with E-state index in [1.165, 1.54) is 18.2 Å². The van der Waals surface area contributed by atoms with E-state index in [4.69, 9.17) is 11.5 Å². The quantitative estimate of drug-likeness (QED) is 0.0427. The van der Waals surface area contributed by atoms with Crippen LogP contribution in [0.3, 0.4) is 0 Å². The number of nitrogens with two attached hydrogens (primary N) is 2. The third-order valence-electron chi connectivity index (χ3n) is 7.68. The van der Waals surface area contributed by atoms with E-state index >= 15 is 0 Å². The molecular formula is C34H26N6Na2O6S2. The molecule has 0 unspecified atom stereocenters. The second kappa shape index (κ2) is 16.9. The Morgan fingerprint density at radius 1 is 0.640 bits per heavy atom. The minimum atomic E-state index is -4.60. The van der Waals surface area contributed by atoms with Crippen molar-refractivity contribution in [3.8, 4) is 11.1 Å². The molecule has 242 valence electrons. The van der Waals surface area contributed by atoms with Gasteiger partial charge in [-0.05, 0) is 108 Å². The molecule has 0 aliphatic heterocycles. The van der Waals surface area contributed by atoms with E-state index in [1.807, 2.05) is 68.4 Å². The van der Waals surface area contributed by atoms with Gasteiger partial charge in [0, 0.05) is 15.7 Å². The minimum Gasteiger partial charge on any atom is -0.744 e. The van der Waals surface area contributed by atoms with E-state index in [-0.39, 0.29) is 64.0 Å². The summed E-state index contributed by atoms with van der Waals surface area (Å²) in [7, 11) is -4.60. The van der Waals surface area contributed by atoms with Gasteiger partial charge in [0.1, 0.15) is 21.5 Å². The molecule has 0 aromatic heterocycles. The average Bonchev–Trinajstić information content (AvgIpc) is 3.06.